The maximum atomic E-state index is 12.6. The number of piperidine rings is 1. The summed E-state index contributed by atoms with van der Waals surface area (Å²) in [5.41, 5.74) is 2.88. The number of hydrogen-bond acceptors (Lipinski definition) is 6. The molecule has 0 aliphatic carbocycles. The number of anilines is 2. The number of nitrogens with zero attached hydrogens (tertiary/aromatic N) is 4. The number of likely N-dealkylation sites (tertiary alicyclic amines) is 1. The van der Waals surface area contributed by atoms with Gasteiger partial charge in [0.2, 0.25) is 5.91 Å². The van der Waals surface area contributed by atoms with Gasteiger partial charge in [0.15, 0.2) is 0 Å². The molecule has 0 saturated carbocycles. The Kier molecular flexibility index (Phi) is 5.58. The zero-order chi connectivity index (χ0) is 22.9. The molecule has 5 rings (SSSR count). The quantitative estimate of drug-likeness (QED) is 0.643. The molecular formula is C25H28N6O2. The van der Waals surface area contributed by atoms with Crippen LogP contribution < -0.4 is 10.9 Å². The van der Waals surface area contributed by atoms with Crippen LogP contribution in [0.4, 0.5) is 11.5 Å². The lowest BCUT2D eigenvalue weighted by Gasteiger charge is -2.31. The molecule has 4 heterocycles. The lowest BCUT2D eigenvalue weighted by molar-refractivity contribution is -0.129. The lowest BCUT2D eigenvalue weighted by atomic mass is 9.89. The standard InChI is InChI=1S/C25H28N6O2/c1-16(32)31-11-8-18(9-12-31)17-3-5-21(6-4-17)28-24-23-19(7-10-26-25(23)33)13-22(29-24)20-14-27-30(2)15-20/h3-7,10,13-14,18,20H,8-9,11-12,15H2,1-2H3,(H,26,33)(H,28,29). The monoisotopic (exact) mass is 444 g/mol. The number of hydrazone groups is 1. The van der Waals surface area contributed by atoms with Crippen molar-refractivity contribution in [2.45, 2.75) is 31.6 Å². The van der Waals surface area contributed by atoms with Crippen molar-refractivity contribution in [1.82, 2.24) is 19.9 Å². The first-order valence-corrected chi connectivity index (χ1v) is 11.4. The van der Waals surface area contributed by atoms with Crippen molar-refractivity contribution in [3.63, 3.8) is 0 Å². The minimum absolute atomic E-state index is 0.0856. The molecule has 0 spiro atoms. The summed E-state index contributed by atoms with van der Waals surface area (Å²) in [6.45, 7) is 4.02. The number of H-pyrrole nitrogens is 1. The molecule has 1 saturated heterocycles. The van der Waals surface area contributed by atoms with Crippen LogP contribution in [0.15, 0.2) is 52.5 Å². The summed E-state index contributed by atoms with van der Waals surface area (Å²) >= 11 is 0. The molecule has 2 N–H and O–H groups in total. The highest BCUT2D eigenvalue weighted by Crippen LogP contribution is 2.31. The highest BCUT2D eigenvalue weighted by Gasteiger charge is 2.23. The smallest absolute Gasteiger partial charge is 0.259 e. The van der Waals surface area contributed by atoms with E-state index in [4.69, 9.17) is 4.98 Å². The molecule has 170 valence electrons. The van der Waals surface area contributed by atoms with Crippen LogP contribution in [0, 0.1) is 0 Å². The van der Waals surface area contributed by atoms with Crippen LogP contribution in [0.1, 0.15) is 42.9 Å². The molecule has 0 radical (unpaired) electrons. The van der Waals surface area contributed by atoms with Crippen molar-refractivity contribution in [3.8, 4) is 0 Å². The van der Waals surface area contributed by atoms with Gasteiger partial charge in [0.05, 0.1) is 17.0 Å². The van der Waals surface area contributed by atoms with E-state index in [0.29, 0.717) is 17.1 Å². The molecule has 33 heavy (non-hydrogen) atoms. The highest BCUT2D eigenvalue weighted by molar-refractivity contribution is 5.93. The molecule has 0 bridgehead atoms. The average molecular weight is 445 g/mol. The topological polar surface area (TPSA) is 93.7 Å². The van der Waals surface area contributed by atoms with Gasteiger partial charge in [-0.1, -0.05) is 12.1 Å². The number of aromatic nitrogens is 2. The van der Waals surface area contributed by atoms with Gasteiger partial charge in [-0.15, -0.1) is 0 Å². The number of nitrogens with one attached hydrogen (secondary N) is 2. The Bertz CT molecular complexity index is 1260. The summed E-state index contributed by atoms with van der Waals surface area (Å²) in [6.07, 6.45) is 5.53. The Labute approximate surface area is 192 Å². The summed E-state index contributed by atoms with van der Waals surface area (Å²) in [4.78, 5) is 33.7. The second kappa shape index (κ2) is 8.69. The Hall–Kier alpha value is -3.68. The summed E-state index contributed by atoms with van der Waals surface area (Å²) in [5, 5.41) is 11.0. The number of benzene rings is 1. The van der Waals surface area contributed by atoms with Crippen LogP contribution >= 0.6 is 0 Å². The van der Waals surface area contributed by atoms with Gasteiger partial charge in [-0.2, -0.15) is 5.10 Å². The van der Waals surface area contributed by atoms with E-state index in [0.717, 1.165) is 49.2 Å². The molecule has 1 atom stereocenters. The fraction of sp³-hybridized carbons (Fsp3) is 0.360. The zero-order valence-corrected chi connectivity index (χ0v) is 18.9. The van der Waals surface area contributed by atoms with Crippen LogP contribution in [0.2, 0.25) is 0 Å². The third-order valence-corrected chi connectivity index (χ3v) is 6.64. The fourth-order valence-electron chi connectivity index (χ4n) is 4.76. The van der Waals surface area contributed by atoms with E-state index < -0.39 is 0 Å². The van der Waals surface area contributed by atoms with E-state index in [1.165, 1.54) is 5.56 Å². The molecule has 2 aliphatic rings. The van der Waals surface area contributed by atoms with E-state index in [1.807, 2.05) is 47.4 Å². The molecule has 1 unspecified atom stereocenters. The summed E-state index contributed by atoms with van der Waals surface area (Å²) < 4.78 is 0. The van der Waals surface area contributed by atoms with Gasteiger partial charge in [0, 0.05) is 51.7 Å². The summed E-state index contributed by atoms with van der Waals surface area (Å²) in [6, 6.07) is 12.2. The van der Waals surface area contributed by atoms with Crippen molar-refractivity contribution in [1.29, 1.82) is 0 Å². The predicted molar refractivity (Wildman–Crippen MR) is 130 cm³/mol. The van der Waals surface area contributed by atoms with Gasteiger partial charge < -0.3 is 15.2 Å². The normalized spacial score (nSPS) is 18.8. The molecule has 1 amide bonds. The van der Waals surface area contributed by atoms with Gasteiger partial charge in [0.25, 0.3) is 5.56 Å². The van der Waals surface area contributed by atoms with Crippen molar-refractivity contribution >= 4 is 34.4 Å². The number of hydrogen-bond donors (Lipinski definition) is 2. The number of aromatic amines is 1. The van der Waals surface area contributed by atoms with E-state index in [-0.39, 0.29) is 17.4 Å². The number of carbonyl (C=O) groups is 1. The van der Waals surface area contributed by atoms with E-state index in [9.17, 15) is 9.59 Å². The van der Waals surface area contributed by atoms with Crippen LogP contribution in [0.25, 0.3) is 10.8 Å². The van der Waals surface area contributed by atoms with Gasteiger partial charge >= 0.3 is 0 Å². The minimum atomic E-state index is -0.167. The number of likely N-dealkylation sites (N-methyl/N-ethyl adjacent to an activating group) is 1. The maximum absolute atomic E-state index is 12.6. The van der Waals surface area contributed by atoms with Gasteiger partial charge in [0.1, 0.15) is 5.82 Å². The second-order valence-electron chi connectivity index (χ2n) is 8.91. The maximum Gasteiger partial charge on any atom is 0.259 e. The zero-order valence-electron chi connectivity index (χ0n) is 18.9. The average Bonchev–Trinajstić information content (AvgIpc) is 3.26. The molecule has 8 nitrogen and oxygen atoms in total. The third-order valence-electron chi connectivity index (χ3n) is 6.64. The van der Waals surface area contributed by atoms with Gasteiger partial charge in [-0.05, 0) is 54.0 Å². The van der Waals surface area contributed by atoms with Crippen molar-refractivity contribution in [2.75, 3.05) is 32.0 Å². The third kappa shape index (κ3) is 4.33. The van der Waals surface area contributed by atoms with E-state index >= 15 is 0 Å². The van der Waals surface area contributed by atoms with Gasteiger partial charge in [-0.25, -0.2) is 4.98 Å². The van der Waals surface area contributed by atoms with Crippen LogP contribution in [0.5, 0.6) is 0 Å². The SMILES string of the molecule is CC(=O)N1CCC(c2ccc(Nc3nc(C4C=NN(C)C4)cc4cc[nH]c(=O)c34)cc2)CC1. The number of pyridine rings is 2. The van der Waals surface area contributed by atoms with Crippen molar-refractivity contribution in [3.05, 3.63) is 64.2 Å². The molecule has 1 fully saturated rings. The number of carbonyl (C=O) groups excluding carboxylic acids is 1. The number of fused-ring (bicyclic) bond motifs is 1. The van der Waals surface area contributed by atoms with Crippen LogP contribution in [0.3, 0.4) is 0 Å². The second-order valence-corrected chi connectivity index (χ2v) is 8.91. The van der Waals surface area contributed by atoms with Crippen molar-refractivity contribution < 1.29 is 4.79 Å². The molecule has 1 aromatic carbocycles. The fourth-order valence-corrected chi connectivity index (χ4v) is 4.76. The summed E-state index contributed by atoms with van der Waals surface area (Å²) in [7, 11) is 1.94. The largest absolute Gasteiger partial charge is 0.343 e. The van der Waals surface area contributed by atoms with Gasteiger partial charge in [-0.3, -0.25) is 14.6 Å². The Morgan fingerprint density at radius 3 is 2.58 bits per heavy atom. The Balaban J connectivity index is 1.40. The lowest BCUT2D eigenvalue weighted by Crippen LogP contribution is -2.36. The molecule has 3 aromatic rings. The first-order chi connectivity index (χ1) is 16.0. The number of rotatable bonds is 4. The van der Waals surface area contributed by atoms with E-state index in [2.05, 4.69) is 27.5 Å². The first kappa shape index (κ1) is 21.2. The van der Waals surface area contributed by atoms with E-state index in [1.54, 1.807) is 13.1 Å². The minimum Gasteiger partial charge on any atom is -0.343 e. The number of amides is 1. The Morgan fingerprint density at radius 1 is 1.15 bits per heavy atom. The first-order valence-electron chi connectivity index (χ1n) is 11.4. The highest BCUT2D eigenvalue weighted by atomic mass is 16.2. The van der Waals surface area contributed by atoms with Crippen molar-refractivity contribution in [2.24, 2.45) is 5.10 Å². The summed E-state index contributed by atoms with van der Waals surface area (Å²) in [5.74, 6) is 1.25. The predicted octanol–water partition coefficient (Wildman–Crippen LogP) is 3.41. The molecule has 8 heteroatoms. The Morgan fingerprint density at radius 2 is 1.91 bits per heavy atom. The van der Waals surface area contributed by atoms with Crippen LogP contribution in [-0.2, 0) is 4.79 Å². The molecular weight excluding hydrogens is 416 g/mol. The molecule has 2 aliphatic heterocycles. The van der Waals surface area contributed by atoms with Crippen LogP contribution in [-0.4, -0.2) is 58.7 Å². The molecule has 2 aromatic heterocycles.